The number of fused-ring (bicyclic) bond motifs is 2. The number of β-amino-alcohol motifs (C(OH)–C–C–N with tert-alkyl or cyclic N) is 1. The molecule has 0 radical (unpaired) electrons. The van der Waals surface area contributed by atoms with Crippen molar-refractivity contribution < 1.29 is 29.6 Å². The standard InChI is InChI=1S/C27H32N2O2S.C2H2O4/c1-17-11-18(2)22-14-26(32-27(22)12-17)20-7-9-29(10-8-20)15-21(30)16-31-25-6-4-5-24-23(25)13-19(3)28-24;3-1(4)2(5)6/h4-6,11-14,20-21,28,30H,7-10,15-16H2,1-3H3;(H,3,4)(H,5,6)/t21-;/m0./s1. The monoisotopic (exact) mass is 538 g/mol. The van der Waals surface area contributed by atoms with Gasteiger partial charge in [0.2, 0.25) is 0 Å². The first-order valence-electron chi connectivity index (χ1n) is 12.7. The van der Waals surface area contributed by atoms with Crippen molar-refractivity contribution in [2.24, 2.45) is 0 Å². The second-order valence-corrected chi connectivity index (χ2v) is 11.1. The quantitative estimate of drug-likeness (QED) is 0.252. The summed E-state index contributed by atoms with van der Waals surface area (Å²) in [6.07, 6.45) is 1.82. The number of likely N-dealkylation sites (tertiary alicyclic amines) is 1. The van der Waals surface area contributed by atoms with E-state index in [9.17, 15) is 5.11 Å². The van der Waals surface area contributed by atoms with Crippen molar-refractivity contribution in [1.29, 1.82) is 0 Å². The Morgan fingerprint density at radius 2 is 1.76 bits per heavy atom. The first-order valence-corrected chi connectivity index (χ1v) is 13.5. The molecule has 2 aromatic heterocycles. The smallest absolute Gasteiger partial charge is 0.414 e. The fourth-order valence-corrected chi connectivity index (χ4v) is 6.45. The Hall–Kier alpha value is -3.40. The molecule has 0 aliphatic carbocycles. The molecule has 1 atom stereocenters. The molecule has 0 bridgehead atoms. The Labute approximate surface area is 225 Å². The third-order valence-electron chi connectivity index (χ3n) is 6.84. The maximum atomic E-state index is 10.6. The number of aromatic nitrogens is 1. The van der Waals surface area contributed by atoms with Gasteiger partial charge in [-0.15, -0.1) is 11.3 Å². The minimum atomic E-state index is -1.82. The summed E-state index contributed by atoms with van der Waals surface area (Å²) in [4.78, 5) is 25.4. The molecule has 5 rings (SSSR count). The number of carbonyl (C=O) groups is 2. The summed E-state index contributed by atoms with van der Waals surface area (Å²) in [5, 5.41) is 27.9. The van der Waals surface area contributed by atoms with Crippen LogP contribution in [0.1, 0.15) is 40.5 Å². The largest absolute Gasteiger partial charge is 0.490 e. The summed E-state index contributed by atoms with van der Waals surface area (Å²) in [5.41, 5.74) is 4.91. The van der Waals surface area contributed by atoms with Gasteiger partial charge in [-0.3, -0.25) is 0 Å². The highest BCUT2D eigenvalue weighted by Gasteiger charge is 2.24. The normalized spacial score (nSPS) is 15.3. The highest BCUT2D eigenvalue weighted by Crippen LogP contribution is 2.38. The molecule has 4 N–H and O–H groups in total. The molecule has 38 heavy (non-hydrogen) atoms. The van der Waals surface area contributed by atoms with Gasteiger partial charge in [0.15, 0.2) is 0 Å². The Morgan fingerprint density at radius 1 is 1.05 bits per heavy atom. The number of thiophene rings is 1. The third kappa shape index (κ3) is 6.72. The van der Waals surface area contributed by atoms with Crippen LogP contribution < -0.4 is 4.74 Å². The van der Waals surface area contributed by atoms with Crippen LogP contribution in [0.5, 0.6) is 5.75 Å². The van der Waals surface area contributed by atoms with Crippen LogP contribution in [0.2, 0.25) is 0 Å². The summed E-state index contributed by atoms with van der Waals surface area (Å²) in [6, 6.07) is 15.1. The van der Waals surface area contributed by atoms with Crippen LogP contribution >= 0.6 is 11.3 Å². The molecule has 0 unspecified atom stereocenters. The van der Waals surface area contributed by atoms with Crippen LogP contribution in [0.3, 0.4) is 0 Å². The van der Waals surface area contributed by atoms with Gasteiger partial charge in [-0.1, -0.05) is 12.1 Å². The molecule has 3 heterocycles. The zero-order valence-electron chi connectivity index (χ0n) is 21.9. The van der Waals surface area contributed by atoms with E-state index in [0.29, 0.717) is 19.1 Å². The number of nitrogens with zero attached hydrogens (tertiary/aromatic N) is 1. The second kappa shape index (κ2) is 12.0. The van der Waals surface area contributed by atoms with Crippen LogP contribution in [0, 0.1) is 20.8 Å². The fourth-order valence-electron chi connectivity index (χ4n) is 5.04. The topological polar surface area (TPSA) is 123 Å². The molecule has 1 aliphatic heterocycles. The zero-order valence-corrected chi connectivity index (χ0v) is 22.7. The van der Waals surface area contributed by atoms with Gasteiger partial charge in [-0.05, 0) is 99.5 Å². The Kier molecular flexibility index (Phi) is 8.71. The number of aliphatic hydroxyl groups excluding tert-OH is 1. The minimum absolute atomic E-state index is 0.318. The number of nitrogens with one attached hydrogen (secondary N) is 1. The summed E-state index contributed by atoms with van der Waals surface area (Å²) in [7, 11) is 0. The molecule has 1 fully saturated rings. The van der Waals surface area contributed by atoms with Gasteiger partial charge in [0.25, 0.3) is 0 Å². The molecule has 1 aliphatic rings. The Morgan fingerprint density at radius 3 is 2.45 bits per heavy atom. The molecular weight excluding hydrogens is 504 g/mol. The number of hydrogen-bond acceptors (Lipinski definition) is 6. The Bertz CT molecular complexity index is 1420. The van der Waals surface area contributed by atoms with Gasteiger partial charge >= 0.3 is 11.9 Å². The lowest BCUT2D eigenvalue weighted by Crippen LogP contribution is -2.40. The van der Waals surface area contributed by atoms with Crippen LogP contribution in [-0.4, -0.2) is 69.5 Å². The predicted octanol–water partition coefficient (Wildman–Crippen LogP) is 5.08. The first kappa shape index (κ1) is 27.6. The van der Waals surface area contributed by atoms with Crippen molar-refractivity contribution in [1.82, 2.24) is 9.88 Å². The van der Waals surface area contributed by atoms with Gasteiger partial charge in [0.1, 0.15) is 18.5 Å². The highest BCUT2D eigenvalue weighted by molar-refractivity contribution is 7.19. The van der Waals surface area contributed by atoms with E-state index in [4.69, 9.17) is 24.5 Å². The Balaban J connectivity index is 0.000000505. The number of aliphatic hydroxyl groups is 1. The van der Waals surface area contributed by atoms with Crippen molar-refractivity contribution in [3.8, 4) is 5.75 Å². The van der Waals surface area contributed by atoms with E-state index in [1.807, 2.05) is 30.4 Å². The van der Waals surface area contributed by atoms with E-state index >= 15 is 0 Å². The lowest BCUT2D eigenvalue weighted by molar-refractivity contribution is -0.159. The zero-order chi connectivity index (χ0) is 27.4. The van der Waals surface area contributed by atoms with Crippen molar-refractivity contribution in [2.45, 2.75) is 45.6 Å². The number of piperidine rings is 1. The molecule has 0 spiro atoms. The summed E-state index contributed by atoms with van der Waals surface area (Å²) < 4.78 is 7.40. The first-order chi connectivity index (χ1) is 18.1. The number of aryl methyl sites for hydroxylation is 3. The van der Waals surface area contributed by atoms with Crippen molar-refractivity contribution in [2.75, 3.05) is 26.2 Å². The van der Waals surface area contributed by atoms with E-state index in [2.05, 4.69) is 54.1 Å². The predicted molar refractivity (Wildman–Crippen MR) is 150 cm³/mol. The maximum absolute atomic E-state index is 10.6. The number of benzene rings is 2. The van der Waals surface area contributed by atoms with Crippen LogP contribution in [0.25, 0.3) is 21.0 Å². The van der Waals surface area contributed by atoms with E-state index in [1.54, 1.807) is 0 Å². The van der Waals surface area contributed by atoms with Gasteiger partial charge in [-0.25, -0.2) is 9.59 Å². The molecule has 0 amide bonds. The second-order valence-electron chi connectivity index (χ2n) is 9.96. The van der Waals surface area contributed by atoms with E-state index < -0.39 is 18.0 Å². The highest BCUT2D eigenvalue weighted by atomic mass is 32.1. The third-order valence-corrected chi connectivity index (χ3v) is 8.08. The molecule has 4 aromatic rings. The van der Waals surface area contributed by atoms with Crippen LogP contribution in [0.4, 0.5) is 0 Å². The van der Waals surface area contributed by atoms with E-state index in [1.165, 1.54) is 26.1 Å². The lowest BCUT2D eigenvalue weighted by atomic mass is 9.94. The molecule has 1 saturated heterocycles. The fraction of sp³-hybridized carbons (Fsp3) is 0.379. The number of aliphatic carboxylic acids is 2. The molecule has 0 saturated carbocycles. The van der Waals surface area contributed by atoms with Crippen molar-refractivity contribution in [3.05, 3.63) is 64.2 Å². The van der Waals surface area contributed by atoms with Gasteiger partial charge in [0, 0.05) is 32.7 Å². The summed E-state index contributed by atoms with van der Waals surface area (Å²) >= 11 is 1.97. The number of carboxylic acid groups (broad SMARTS) is 2. The van der Waals surface area contributed by atoms with Crippen LogP contribution in [0.15, 0.2) is 42.5 Å². The SMILES string of the molecule is Cc1cc(C)c2cc(C3CCN(C[C@H](O)COc4cccc5[nH]c(C)cc45)CC3)sc2c1.O=C(O)C(=O)O. The molecule has 2 aromatic carbocycles. The van der Waals surface area contributed by atoms with Gasteiger partial charge in [0.05, 0.1) is 0 Å². The molecular formula is C29H34N2O6S. The van der Waals surface area contributed by atoms with Gasteiger partial charge in [-0.2, -0.15) is 0 Å². The maximum Gasteiger partial charge on any atom is 0.414 e. The van der Waals surface area contributed by atoms with E-state index in [0.717, 1.165) is 48.3 Å². The number of carboxylic acids is 2. The molecule has 9 heteroatoms. The molecule has 8 nitrogen and oxygen atoms in total. The van der Waals surface area contributed by atoms with Crippen molar-refractivity contribution in [3.63, 3.8) is 0 Å². The number of rotatable bonds is 6. The number of H-pyrrole nitrogens is 1. The van der Waals surface area contributed by atoms with Crippen LogP contribution in [-0.2, 0) is 9.59 Å². The number of aromatic amines is 1. The minimum Gasteiger partial charge on any atom is -0.490 e. The summed E-state index contributed by atoms with van der Waals surface area (Å²) in [6.45, 7) is 9.48. The number of ether oxygens (including phenoxy) is 1. The number of hydrogen-bond donors (Lipinski definition) is 4. The average Bonchev–Trinajstić information content (AvgIpc) is 3.46. The van der Waals surface area contributed by atoms with Crippen molar-refractivity contribution >= 4 is 44.3 Å². The average molecular weight is 539 g/mol. The lowest BCUT2D eigenvalue weighted by Gasteiger charge is -2.32. The van der Waals surface area contributed by atoms with Gasteiger partial charge < -0.3 is 29.9 Å². The molecule has 202 valence electrons. The summed E-state index contributed by atoms with van der Waals surface area (Å²) in [5.74, 6) is -2.18. The van der Waals surface area contributed by atoms with E-state index in [-0.39, 0.29) is 0 Å².